The third-order valence-corrected chi connectivity index (χ3v) is 7.80. The second kappa shape index (κ2) is 9.96. The average molecular weight is 549 g/mol. The molecule has 0 radical (unpaired) electrons. The Hall–Kier alpha value is -2.57. The van der Waals surface area contributed by atoms with Gasteiger partial charge in [-0.05, 0) is 78.5 Å². The minimum absolute atomic E-state index is 0.172. The molecule has 10 nitrogen and oxygen atoms in total. The van der Waals surface area contributed by atoms with E-state index in [1.54, 1.807) is 6.33 Å². The van der Waals surface area contributed by atoms with Gasteiger partial charge in [-0.1, -0.05) is 0 Å². The SMILES string of the molecule is CCOC(=O)C1CC(CCn2cnc(N)c3nc(Sc4cc5c(cc4Br)OCO5)nc2-3)CCN1. The Bertz CT molecular complexity index is 1170. The molecule has 4 aliphatic heterocycles. The van der Waals surface area contributed by atoms with Gasteiger partial charge in [0.2, 0.25) is 6.79 Å². The van der Waals surface area contributed by atoms with Crippen molar-refractivity contribution in [1.82, 2.24) is 24.8 Å². The summed E-state index contributed by atoms with van der Waals surface area (Å²) >= 11 is 5.00. The van der Waals surface area contributed by atoms with Gasteiger partial charge in [0.1, 0.15) is 6.04 Å². The number of ether oxygens (including phenoxy) is 3. The van der Waals surface area contributed by atoms with E-state index in [1.807, 2.05) is 23.6 Å². The molecule has 0 aromatic heterocycles. The number of nitrogens with one attached hydrogen (secondary N) is 1. The van der Waals surface area contributed by atoms with E-state index < -0.39 is 0 Å². The number of carbonyl (C=O) groups is 1. The Kier molecular flexibility index (Phi) is 6.79. The molecule has 1 aromatic rings. The van der Waals surface area contributed by atoms with Crippen LogP contribution in [0.5, 0.6) is 11.5 Å². The molecule has 0 amide bonds. The summed E-state index contributed by atoms with van der Waals surface area (Å²) in [6.07, 6.45) is 4.37. The van der Waals surface area contributed by atoms with Crippen LogP contribution in [-0.2, 0) is 16.1 Å². The lowest BCUT2D eigenvalue weighted by Crippen LogP contribution is -2.44. The number of nitrogens with zero attached hydrogens (tertiary/aromatic N) is 4. The molecule has 0 aliphatic carbocycles. The Morgan fingerprint density at radius 3 is 3.00 bits per heavy atom. The second-order valence-electron chi connectivity index (χ2n) is 8.18. The van der Waals surface area contributed by atoms with Crippen LogP contribution in [0.1, 0.15) is 26.2 Å². The Labute approximate surface area is 209 Å². The van der Waals surface area contributed by atoms with Gasteiger partial charge in [-0.3, -0.25) is 4.79 Å². The van der Waals surface area contributed by atoms with Crippen molar-refractivity contribution >= 4 is 39.5 Å². The van der Waals surface area contributed by atoms with Gasteiger partial charge in [0, 0.05) is 15.9 Å². The molecule has 5 rings (SSSR count). The third kappa shape index (κ3) is 4.80. The van der Waals surface area contributed by atoms with Crippen molar-refractivity contribution < 1.29 is 19.0 Å². The highest BCUT2D eigenvalue weighted by Crippen LogP contribution is 2.43. The molecule has 0 bridgehead atoms. The summed E-state index contributed by atoms with van der Waals surface area (Å²) in [4.78, 5) is 26.7. The van der Waals surface area contributed by atoms with Crippen LogP contribution in [0, 0.1) is 5.92 Å². The van der Waals surface area contributed by atoms with Crippen molar-refractivity contribution in [2.75, 3.05) is 25.7 Å². The largest absolute Gasteiger partial charge is 0.465 e. The second-order valence-corrected chi connectivity index (χ2v) is 10.0. The van der Waals surface area contributed by atoms with E-state index in [0.29, 0.717) is 53.1 Å². The molecule has 4 heterocycles. The van der Waals surface area contributed by atoms with Crippen LogP contribution >= 0.6 is 27.7 Å². The van der Waals surface area contributed by atoms with Crippen LogP contribution in [0.25, 0.3) is 11.5 Å². The van der Waals surface area contributed by atoms with Crippen molar-refractivity contribution in [2.24, 2.45) is 5.92 Å². The topological polar surface area (TPSA) is 126 Å². The molecule has 4 aliphatic rings. The van der Waals surface area contributed by atoms with E-state index in [2.05, 4.69) is 31.2 Å². The highest BCUT2D eigenvalue weighted by atomic mass is 79.9. The quantitative estimate of drug-likeness (QED) is 0.424. The summed E-state index contributed by atoms with van der Waals surface area (Å²) in [5.41, 5.74) is 6.69. The predicted molar refractivity (Wildman–Crippen MR) is 129 cm³/mol. The molecule has 0 saturated carbocycles. The van der Waals surface area contributed by atoms with Crippen molar-refractivity contribution in [3.05, 3.63) is 22.9 Å². The first-order valence-electron chi connectivity index (χ1n) is 11.2. The summed E-state index contributed by atoms with van der Waals surface area (Å²) in [7, 11) is 0. The highest BCUT2D eigenvalue weighted by molar-refractivity contribution is 9.10. The molecular formula is C22H25BrN6O4S. The first-order chi connectivity index (χ1) is 16.5. The number of hydrogen-bond donors (Lipinski definition) is 2. The van der Waals surface area contributed by atoms with Crippen LogP contribution in [0.4, 0.5) is 5.82 Å². The first-order valence-corrected chi connectivity index (χ1v) is 12.8. The summed E-state index contributed by atoms with van der Waals surface area (Å²) < 4.78 is 18.9. The molecule has 1 fully saturated rings. The molecule has 2 unspecified atom stereocenters. The van der Waals surface area contributed by atoms with Crippen molar-refractivity contribution in [3.8, 4) is 23.0 Å². The zero-order chi connectivity index (χ0) is 23.7. The molecular weight excluding hydrogens is 524 g/mol. The van der Waals surface area contributed by atoms with Crippen molar-refractivity contribution in [2.45, 2.75) is 48.8 Å². The maximum atomic E-state index is 12.1. The number of nitrogens with two attached hydrogens (primary N) is 1. The summed E-state index contributed by atoms with van der Waals surface area (Å²) in [5, 5.41) is 3.84. The fourth-order valence-corrected chi connectivity index (χ4v) is 5.57. The number of nitrogen functional groups attached to an aromatic ring is 1. The molecule has 1 saturated heterocycles. The third-order valence-electron chi connectivity index (χ3n) is 5.96. The highest BCUT2D eigenvalue weighted by Gasteiger charge is 2.28. The zero-order valence-electron chi connectivity index (χ0n) is 18.6. The van der Waals surface area contributed by atoms with Crippen LogP contribution in [0.3, 0.4) is 0 Å². The minimum Gasteiger partial charge on any atom is -0.465 e. The normalized spacial score (nSPS) is 19.5. The molecule has 1 aromatic carbocycles. The number of aromatic nitrogens is 4. The number of piperidine rings is 1. The van der Waals surface area contributed by atoms with Gasteiger partial charge in [0.15, 0.2) is 34.0 Å². The molecule has 180 valence electrons. The number of halogens is 1. The van der Waals surface area contributed by atoms with Crippen LogP contribution in [-0.4, -0.2) is 51.5 Å². The van der Waals surface area contributed by atoms with Gasteiger partial charge >= 0.3 is 5.97 Å². The first kappa shape index (κ1) is 23.2. The number of imidazole rings is 1. The van der Waals surface area contributed by atoms with Gasteiger partial charge in [0.25, 0.3) is 0 Å². The Morgan fingerprint density at radius 1 is 1.35 bits per heavy atom. The number of aryl methyl sites for hydroxylation is 1. The van der Waals surface area contributed by atoms with E-state index in [1.165, 1.54) is 11.8 Å². The number of hydrogen-bond acceptors (Lipinski definition) is 10. The van der Waals surface area contributed by atoms with Crippen LogP contribution < -0.4 is 20.5 Å². The number of anilines is 1. The fraction of sp³-hybridized carbons (Fsp3) is 0.455. The lowest BCUT2D eigenvalue weighted by atomic mass is 9.89. The average Bonchev–Trinajstić information content (AvgIpc) is 3.46. The van der Waals surface area contributed by atoms with Crippen molar-refractivity contribution in [3.63, 3.8) is 0 Å². The molecule has 0 spiro atoms. The fourth-order valence-electron chi connectivity index (χ4n) is 4.22. The predicted octanol–water partition coefficient (Wildman–Crippen LogP) is 3.32. The van der Waals surface area contributed by atoms with Gasteiger partial charge in [-0.2, -0.15) is 0 Å². The summed E-state index contributed by atoms with van der Waals surface area (Å²) in [6.45, 7) is 3.95. The molecule has 34 heavy (non-hydrogen) atoms. The minimum atomic E-state index is -0.241. The lowest BCUT2D eigenvalue weighted by Gasteiger charge is -2.29. The van der Waals surface area contributed by atoms with E-state index >= 15 is 0 Å². The standard InChI is InChI=1S/C22H25BrN6O4S/c1-2-31-21(30)14-7-12(3-5-25-14)4-6-29-10-26-19(24)18-20(29)28-22(27-18)34-17-9-16-15(8-13(17)23)32-11-33-16/h8-10,12,14,25H,2-7,11,24H2,1H3. The van der Waals surface area contributed by atoms with Gasteiger partial charge in [-0.25, -0.2) is 15.0 Å². The zero-order valence-corrected chi connectivity index (χ0v) is 21.0. The lowest BCUT2D eigenvalue weighted by molar-refractivity contribution is -0.146. The Morgan fingerprint density at radius 2 is 2.18 bits per heavy atom. The van der Waals surface area contributed by atoms with E-state index in [4.69, 9.17) is 24.9 Å². The number of esters is 1. The van der Waals surface area contributed by atoms with E-state index in [0.717, 1.165) is 35.2 Å². The molecule has 2 atom stereocenters. The smallest absolute Gasteiger partial charge is 0.323 e. The Balaban J connectivity index is 1.31. The number of carbonyl (C=O) groups excluding carboxylic acids is 1. The maximum Gasteiger partial charge on any atom is 0.323 e. The summed E-state index contributed by atoms with van der Waals surface area (Å²) in [6, 6.07) is 3.55. The van der Waals surface area contributed by atoms with Gasteiger partial charge in [0.05, 0.1) is 12.9 Å². The summed E-state index contributed by atoms with van der Waals surface area (Å²) in [5.74, 6) is 2.68. The molecule has 12 heteroatoms. The maximum absolute atomic E-state index is 12.1. The van der Waals surface area contributed by atoms with E-state index in [-0.39, 0.29) is 18.8 Å². The van der Waals surface area contributed by atoms with Crippen molar-refractivity contribution in [1.29, 1.82) is 0 Å². The van der Waals surface area contributed by atoms with Crippen LogP contribution in [0.2, 0.25) is 0 Å². The number of fused-ring (bicyclic) bond motifs is 2. The monoisotopic (exact) mass is 548 g/mol. The van der Waals surface area contributed by atoms with Crippen LogP contribution in [0.15, 0.2) is 33.0 Å². The van der Waals surface area contributed by atoms with Gasteiger partial charge in [-0.15, -0.1) is 0 Å². The number of benzene rings is 1. The number of rotatable bonds is 7. The van der Waals surface area contributed by atoms with Gasteiger partial charge < -0.3 is 29.8 Å². The molecule has 3 N–H and O–H groups in total. The van der Waals surface area contributed by atoms with E-state index in [9.17, 15) is 4.79 Å².